The first-order chi connectivity index (χ1) is 8.08. The zero-order chi connectivity index (χ0) is 12.8. The number of hydrogen-bond donors (Lipinski definition) is 2. The Morgan fingerprint density at radius 3 is 2.65 bits per heavy atom. The fourth-order valence-corrected chi connectivity index (χ4v) is 1.37. The van der Waals surface area contributed by atoms with Crippen molar-refractivity contribution in [3.8, 4) is 0 Å². The molecule has 1 aromatic rings. The third-order valence-corrected chi connectivity index (χ3v) is 2.20. The molecular weight excluding hydrogens is 224 g/mol. The summed E-state index contributed by atoms with van der Waals surface area (Å²) < 4.78 is 0. The highest BCUT2D eigenvalue weighted by molar-refractivity contribution is 5.92. The standard InChI is InChI=1S/C10H16N4O3/c1-3-5-7-11-9(13-12-7)10(17)14(4-2)6-8(15)16/h3-6H2,1-2H3,(H,15,16)(H,11,12,13). The van der Waals surface area contributed by atoms with Gasteiger partial charge in [0.1, 0.15) is 12.4 Å². The molecule has 1 rings (SSSR count). The lowest BCUT2D eigenvalue weighted by molar-refractivity contribution is -0.137. The molecule has 0 aromatic carbocycles. The maximum atomic E-state index is 11.8. The van der Waals surface area contributed by atoms with E-state index in [0.29, 0.717) is 18.8 Å². The zero-order valence-corrected chi connectivity index (χ0v) is 9.93. The highest BCUT2D eigenvalue weighted by atomic mass is 16.4. The van der Waals surface area contributed by atoms with Crippen LogP contribution in [0.25, 0.3) is 0 Å². The predicted octanol–water partition coefficient (Wildman–Crippen LogP) is 0.304. The molecule has 0 atom stereocenters. The Morgan fingerprint density at radius 1 is 1.41 bits per heavy atom. The minimum Gasteiger partial charge on any atom is -0.480 e. The number of carboxylic acid groups (broad SMARTS) is 1. The van der Waals surface area contributed by atoms with Gasteiger partial charge in [-0.2, -0.15) is 0 Å². The molecule has 1 aromatic heterocycles. The molecular formula is C10H16N4O3. The maximum absolute atomic E-state index is 11.8. The number of carboxylic acids is 1. The number of aryl methyl sites for hydroxylation is 1. The van der Waals surface area contributed by atoms with E-state index < -0.39 is 11.9 Å². The second-order valence-electron chi connectivity index (χ2n) is 3.57. The van der Waals surface area contributed by atoms with E-state index >= 15 is 0 Å². The van der Waals surface area contributed by atoms with E-state index in [1.165, 1.54) is 4.90 Å². The van der Waals surface area contributed by atoms with Crippen molar-refractivity contribution in [2.75, 3.05) is 13.1 Å². The molecule has 0 aliphatic carbocycles. The van der Waals surface area contributed by atoms with Crippen LogP contribution in [0.3, 0.4) is 0 Å². The van der Waals surface area contributed by atoms with Crippen LogP contribution in [0, 0.1) is 0 Å². The summed E-state index contributed by atoms with van der Waals surface area (Å²) >= 11 is 0. The molecule has 0 fully saturated rings. The molecule has 2 N–H and O–H groups in total. The molecule has 7 heteroatoms. The van der Waals surface area contributed by atoms with Gasteiger partial charge in [0.2, 0.25) is 5.82 Å². The minimum atomic E-state index is -1.05. The van der Waals surface area contributed by atoms with Crippen LogP contribution in [0.5, 0.6) is 0 Å². The SMILES string of the molecule is CCCc1nc(C(=O)N(CC)CC(=O)O)n[nH]1. The number of carbonyl (C=O) groups is 2. The lowest BCUT2D eigenvalue weighted by Gasteiger charge is -2.15. The second-order valence-corrected chi connectivity index (χ2v) is 3.57. The molecule has 0 aliphatic heterocycles. The summed E-state index contributed by atoms with van der Waals surface area (Å²) in [5.41, 5.74) is 0. The van der Waals surface area contributed by atoms with Crippen molar-refractivity contribution < 1.29 is 14.7 Å². The van der Waals surface area contributed by atoms with Gasteiger partial charge in [0.25, 0.3) is 5.91 Å². The largest absolute Gasteiger partial charge is 0.480 e. The van der Waals surface area contributed by atoms with Crippen LogP contribution < -0.4 is 0 Å². The van der Waals surface area contributed by atoms with Gasteiger partial charge in [-0.3, -0.25) is 14.7 Å². The van der Waals surface area contributed by atoms with Crippen molar-refractivity contribution in [1.29, 1.82) is 0 Å². The van der Waals surface area contributed by atoms with Crippen molar-refractivity contribution in [3.63, 3.8) is 0 Å². The Hall–Kier alpha value is -1.92. The van der Waals surface area contributed by atoms with Gasteiger partial charge in [-0.05, 0) is 13.3 Å². The quantitative estimate of drug-likeness (QED) is 0.745. The highest BCUT2D eigenvalue weighted by Crippen LogP contribution is 2.01. The van der Waals surface area contributed by atoms with E-state index in [-0.39, 0.29) is 12.4 Å². The van der Waals surface area contributed by atoms with Gasteiger partial charge in [-0.25, -0.2) is 4.98 Å². The van der Waals surface area contributed by atoms with Gasteiger partial charge < -0.3 is 10.0 Å². The van der Waals surface area contributed by atoms with Gasteiger partial charge >= 0.3 is 5.97 Å². The highest BCUT2D eigenvalue weighted by Gasteiger charge is 2.20. The molecule has 94 valence electrons. The molecule has 1 heterocycles. The summed E-state index contributed by atoms with van der Waals surface area (Å²) in [4.78, 5) is 27.6. The van der Waals surface area contributed by atoms with Crippen molar-refractivity contribution in [2.24, 2.45) is 0 Å². The van der Waals surface area contributed by atoms with Gasteiger partial charge in [0.15, 0.2) is 0 Å². The Morgan fingerprint density at radius 2 is 2.12 bits per heavy atom. The minimum absolute atomic E-state index is 0.0246. The molecule has 0 radical (unpaired) electrons. The van der Waals surface area contributed by atoms with Crippen molar-refractivity contribution in [1.82, 2.24) is 20.1 Å². The van der Waals surface area contributed by atoms with Gasteiger partial charge in [0.05, 0.1) is 0 Å². The molecule has 0 saturated heterocycles. The number of likely N-dealkylation sites (N-methyl/N-ethyl adjacent to an activating group) is 1. The van der Waals surface area contributed by atoms with Gasteiger partial charge in [0, 0.05) is 13.0 Å². The topological polar surface area (TPSA) is 99.2 Å². The number of nitrogens with one attached hydrogen (secondary N) is 1. The van der Waals surface area contributed by atoms with Crippen LogP contribution in [0.2, 0.25) is 0 Å². The Bertz CT molecular complexity index is 402. The van der Waals surface area contributed by atoms with Gasteiger partial charge in [-0.15, -0.1) is 5.10 Å². The fraction of sp³-hybridized carbons (Fsp3) is 0.600. The summed E-state index contributed by atoms with van der Waals surface area (Å²) in [7, 11) is 0. The fourth-order valence-electron chi connectivity index (χ4n) is 1.37. The first kappa shape index (κ1) is 13.1. The van der Waals surface area contributed by atoms with E-state index in [9.17, 15) is 9.59 Å². The molecule has 0 spiro atoms. The average Bonchev–Trinajstić information content (AvgIpc) is 2.74. The summed E-state index contributed by atoms with van der Waals surface area (Å²) in [5, 5.41) is 15.1. The number of aromatic nitrogens is 3. The number of aliphatic carboxylic acids is 1. The smallest absolute Gasteiger partial charge is 0.323 e. The van der Waals surface area contributed by atoms with Crippen LogP contribution in [-0.2, 0) is 11.2 Å². The van der Waals surface area contributed by atoms with Crippen molar-refractivity contribution in [3.05, 3.63) is 11.6 Å². The summed E-state index contributed by atoms with van der Waals surface area (Å²) in [6.07, 6.45) is 1.61. The number of carbonyl (C=O) groups excluding carboxylic acids is 1. The third-order valence-electron chi connectivity index (χ3n) is 2.20. The molecule has 0 aliphatic rings. The molecule has 0 unspecified atom stereocenters. The van der Waals surface area contributed by atoms with E-state index in [0.717, 1.165) is 6.42 Å². The Kier molecular flexibility index (Phi) is 4.62. The number of H-pyrrole nitrogens is 1. The average molecular weight is 240 g/mol. The van der Waals surface area contributed by atoms with E-state index in [1.54, 1.807) is 6.92 Å². The molecule has 7 nitrogen and oxygen atoms in total. The van der Waals surface area contributed by atoms with Crippen molar-refractivity contribution >= 4 is 11.9 Å². The molecule has 0 saturated carbocycles. The van der Waals surface area contributed by atoms with Gasteiger partial charge in [-0.1, -0.05) is 6.92 Å². The van der Waals surface area contributed by atoms with Crippen LogP contribution in [0.1, 0.15) is 36.7 Å². The Labute approximate surface area is 98.8 Å². The number of nitrogens with zero attached hydrogens (tertiary/aromatic N) is 3. The predicted molar refractivity (Wildman–Crippen MR) is 59.6 cm³/mol. The number of rotatable bonds is 6. The van der Waals surface area contributed by atoms with Crippen molar-refractivity contribution in [2.45, 2.75) is 26.7 Å². The monoisotopic (exact) mass is 240 g/mol. The summed E-state index contributed by atoms with van der Waals surface area (Å²) in [6, 6.07) is 0. The van der Waals surface area contributed by atoms with E-state index in [2.05, 4.69) is 15.2 Å². The first-order valence-corrected chi connectivity index (χ1v) is 5.50. The van der Waals surface area contributed by atoms with E-state index in [1.807, 2.05) is 6.92 Å². The van der Waals surface area contributed by atoms with E-state index in [4.69, 9.17) is 5.11 Å². The zero-order valence-electron chi connectivity index (χ0n) is 9.93. The third kappa shape index (κ3) is 3.54. The maximum Gasteiger partial charge on any atom is 0.323 e. The van der Waals surface area contributed by atoms with Crippen LogP contribution in [-0.4, -0.2) is 50.2 Å². The number of amides is 1. The number of aromatic amines is 1. The van der Waals surface area contributed by atoms with Crippen LogP contribution in [0.15, 0.2) is 0 Å². The van der Waals surface area contributed by atoms with Crippen LogP contribution >= 0.6 is 0 Å². The first-order valence-electron chi connectivity index (χ1n) is 5.50. The Balaban J connectivity index is 2.75. The molecule has 0 bridgehead atoms. The summed E-state index contributed by atoms with van der Waals surface area (Å²) in [6.45, 7) is 3.67. The molecule has 1 amide bonds. The lowest BCUT2D eigenvalue weighted by Crippen LogP contribution is -2.36. The second kappa shape index (κ2) is 5.97. The van der Waals surface area contributed by atoms with Crippen LogP contribution in [0.4, 0.5) is 0 Å². The normalized spacial score (nSPS) is 10.2. The lowest BCUT2D eigenvalue weighted by atomic mass is 10.3. The summed E-state index contributed by atoms with van der Waals surface area (Å²) in [5.74, 6) is -0.850. The number of hydrogen-bond acceptors (Lipinski definition) is 4. The molecule has 17 heavy (non-hydrogen) atoms.